The van der Waals surface area contributed by atoms with Crippen molar-refractivity contribution in [3.63, 3.8) is 0 Å². The minimum atomic E-state index is -0.508. The van der Waals surface area contributed by atoms with Gasteiger partial charge in [-0.25, -0.2) is 0 Å². The highest BCUT2D eigenvalue weighted by Crippen LogP contribution is 2.42. The number of allylic oxidation sites excluding steroid dienone is 1. The first-order valence-electron chi connectivity index (χ1n) is 5.72. The first-order chi connectivity index (χ1) is 7.72. The van der Waals surface area contributed by atoms with E-state index in [1.807, 2.05) is 0 Å². The van der Waals surface area contributed by atoms with Crippen molar-refractivity contribution in [1.29, 1.82) is 0 Å². The van der Waals surface area contributed by atoms with Crippen molar-refractivity contribution < 1.29 is 18.9 Å². The van der Waals surface area contributed by atoms with Crippen LogP contribution in [-0.2, 0) is 18.9 Å². The molecule has 1 spiro atoms. The van der Waals surface area contributed by atoms with Crippen LogP contribution in [0.2, 0.25) is 0 Å². The summed E-state index contributed by atoms with van der Waals surface area (Å²) in [6.07, 6.45) is 4.03. The molecule has 0 bridgehead atoms. The normalized spacial score (nSPS) is 32.3. The highest BCUT2D eigenvalue weighted by Gasteiger charge is 2.49. The van der Waals surface area contributed by atoms with E-state index >= 15 is 0 Å². The van der Waals surface area contributed by atoms with Crippen molar-refractivity contribution in [3.05, 3.63) is 11.6 Å². The van der Waals surface area contributed by atoms with Gasteiger partial charge in [0.15, 0.2) is 5.79 Å². The number of methoxy groups -OCH3 is 2. The van der Waals surface area contributed by atoms with Crippen LogP contribution < -0.4 is 0 Å². The average Bonchev–Trinajstić information content (AvgIpc) is 2.76. The summed E-state index contributed by atoms with van der Waals surface area (Å²) in [7, 11) is 3.35. The van der Waals surface area contributed by atoms with Gasteiger partial charge in [-0.05, 0) is 18.9 Å². The van der Waals surface area contributed by atoms with Crippen molar-refractivity contribution in [1.82, 2.24) is 0 Å². The first kappa shape index (κ1) is 12.0. The topological polar surface area (TPSA) is 36.9 Å². The minimum absolute atomic E-state index is 0.0357. The molecule has 2 rings (SSSR count). The van der Waals surface area contributed by atoms with Crippen LogP contribution in [0.3, 0.4) is 0 Å². The predicted molar refractivity (Wildman–Crippen MR) is 59.2 cm³/mol. The highest BCUT2D eigenvalue weighted by atomic mass is 16.8. The van der Waals surface area contributed by atoms with Gasteiger partial charge >= 0.3 is 0 Å². The van der Waals surface area contributed by atoms with Crippen molar-refractivity contribution >= 4 is 0 Å². The molecule has 1 aliphatic carbocycles. The molecule has 16 heavy (non-hydrogen) atoms. The molecule has 0 saturated carbocycles. The van der Waals surface area contributed by atoms with Crippen LogP contribution in [0.4, 0.5) is 0 Å². The maximum absolute atomic E-state index is 6.03. The Labute approximate surface area is 96.5 Å². The molecule has 4 nitrogen and oxygen atoms in total. The molecule has 2 atom stereocenters. The lowest BCUT2D eigenvalue weighted by molar-refractivity contribution is -0.150. The monoisotopic (exact) mass is 228 g/mol. The number of ether oxygens (including phenoxy) is 4. The van der Waals surface area contributed by atoms with Crippen molar-refractivity contribution in [2.75, 3.05) is 27.4 Å². The van der Waals surface area contributed by atoms with Gasteiger partial charge in [0, 0.05) is 20.6 Å². The number of hydrogen-bond acceptors (Lipinski definition) is 4. The van der Waals surface area contributed by atoms with E-state index in [1.54, 1.807) is 14.2 Å². The molecule has 4 heteroatoms. The van der Waals surface area contributed by atoms with E-state index in [2.05, 4.69) is 13.0 Å². The fourth-order valence-electron chi connectivity index (χ4n) is 2.41. The van der Waals surface area contributed by atoms with Gasteiger partial charge in [0.2, 0.25) is 0 Å². The number of hydrogen-bond donors (Lipinski definition) is 0. The molecule has 92 valence electrons. The minimum Gasteiger partial charge on any atom is -0.382 e. The molecule has 0 aromatic rings. The van der Waals surface area contributed by atoms with Gasteiger partial charge in [-0.15, -0.1) is 0 Å². The average molecular weight is 228 g/mol. The zero-order valence-corrected chi connectivity index (χ0v) is 10.2. The lowest BCUT2D eigenvalue weighted by Gasteiger charge is -2.24. The summed E-state index contributed by atoms with van der Waals surface area (Å²) in [5.74, 6) is -0.508. The van der Waals surface area contributed by atoms with E-state index in [1.165, 1.54) is 5.57 Å². The van der Waals surface area contributed by atoms with Crippen molar-refractivity contribution in [2.45, 2.75) is 37.8 Å². The van der Waals surface area contributed by atoms with Crippen molar-refractivity contribution in [3.8, 4) is 0 Å². The fraction of sp³-hybridized carbons (Fsp3) is 0.833. The van der Waals surface area contributed by atoms with Crippen LogP contribution in [-0.4, -0.2) is 45.4 Å². The molecule has 1 aliphatic heterocycles. The van der Waals surface area contributed by atoms with Crippen LogP contribution >= 0.6 is 0 Å². The van der Waals surface area contributed by atoms with Crippen LogP contribution in [0.5, 0.6) is 0 Å². The molecule has 1 saturated heterocycles. The molecular weight excluding hydrogens is 208 g/mol. The number of rotatable bonds is 4. The molecule has 0 amide bonds. The molecule has 0 N–H and O–H groups in total. The second-order valence-electron chi connectivity index (χ2n) is 4.40. The second kappa shape index (κ2) is 4.84. The van der Waals surface area contributed by atoms with Gasteiger partial charge in [-0.1, -0.05) is 6.08 Å². The Morgan fingerprint density at radius 3 is 2.19 bits per heavy atom. The summed E-state index contributed by atoms with van der Waals surface area (Å²) in [6, 6.07) is 0. The van der Waals surface area contributed by atoms with Gasteiger partial charge in [-0.3, -0.25) is 0 Å². The molecule has 1 heterocycles. The quantitative estimate of drug-likeness (QED) is 0.683. The van der Waals surface area contributed by atoms with Gasteiger partial charge in [0.1, 0.15) is 12.2 Å². The molecule has 1 fully saturated rings. The van der Waals surface area contributed by atoms with Gasteiger partial charge in [0.05, 0.1) is 13.2 Å². The van der Waals surface area contributed by atoms with E-state index in [9.17, 15) is 0 Å². The highest BCUT2D eigenvalue weighted by molar-refractivity contribution is 5.19. The van der Waals surface area contributed by atoms with E-state index in [0.29, 0.717) is 13.2 Å². The smallest absolute Gasteiger partial charge is 0.191 e. The molecule has 0 unspecified atom stereocenters. The van der Waals surface area contributed by atoms with Crippen LogP contribution in [0.15, 0.2) is 11.6 Å². The molecular formula is C12H20O4. The summed E-state index contributed by atoms with van der Waals surface area (Å²) in [5.41, 5.74) is 1.17. The van der Waals surface area contributed by atoms with Gasteiger partial charge < -0.3 is 18.9 Å². The molecule has 0 radical (unpaired) electrons. The standard InChI is InChI=1S/C12H20O4/c1-9-5-4-6-12(9)15-10(7-13-2)11(16-12)8-14-3/h5,10-11H,4,6-8H2,1-3H3/t10-,11-/m0/s1. The van der Waals surface area contributed by atoms with Gasteiger partial charge in [0.25, 0.3) is 0 Å². The maximum atomic E-state index is 6.03. The molecule has 0 aromatic carbocycles. The summed E-state index contributed by atoms with van der Waals surface area (Å²) in [4.78, 5) is 0. The maximum Gasteiger partial charge on any atom is 0.191 e. The molecule has 0 aromatic heterocycles. The Bertz CT molecular complexity index is 260. The summed E-state index contributed by atoms with van der Waals surface area (Å²) in [6.45, 7) is 3.15. The lowest BCUT2D eigenvalue weighted by Crippen LogP contribution is -2.30. The fourth-order valence-corrected chi connectivity index (χ4v) is 2.41. The zero-order chi connectivity index (χ0) is 11.6. The summed E-state index contributed by atoms with van der Waals surface area (Å²) in [5, 5.41) is 0. The Kier molecular flexibility index (Phi) is 3.64. The summed E-state index contributed by atoms with van der Waals surface area (Å²) >= 11 is 0. The van der Waals surface area contributed by atoms with Crippen LogP contribution in [0, 0.1) is 0 Å². The third-order valence-corrected chi connectivity index (χ3v) is 3.28. The van der Waals surface area contributed by atoms with Crippen LogP contribution in [0.1, 0.15) is 19.8 Å². The van der Waals surface area contributed by atoms with Crippen LogP contribution in [0.25, 0.3) is 0 Å². The Hall–Kier alpha value is -0.420. The van der Waals surface area contributed by atoms with E-state index < -0.39 is 5.79 Å². The third kappa shape index (κ3) is 2.02. The lowest BCUT2D eigenvalue weighted by atomic mass is 10.1. The predicted octanol–water partition coefficient (Wildman–Crippen LogP) is 1.50. The van der Waals surface area contributed by atoms with Gasteiger partial charge in [-0.2, -0.15) is 0 Å². The van der Waals surface area contributed by atoms with E-state index in [0.717, 1.165) is 12.8 Å². The van der Waals surface area contributed by atoms with Crippen molar-refractivity contribution in [2.24, 2.45) is 0 Å². The SMILES string of the molecule is COC[C@@H]1OC2(CCC=C2C)O[C@H]1COC. The Morgan fingerprint density at radius 1 is 1.25 bits per heavy atom. The first-order valence-corrected chi connectivity index (χ1v) is 5.72. The second-order valence-corrected chi connectivity index (χ2v) is 4.40. The Morgan fingerprint density at radius 2 is 1.81 bits per heavy atom. The molecule has 2 aliphatic rings. The Balaban J connectivity index is 2.08. The third-order valence-electron chi connectivity index (χ3n) is 3.28. The van der Waals surface area contributed by atoms with E-state index in [4.69, 9.17) is 18.9 Å². The zero-order valence-electron chi connectivity index (χ0n) is 10.2. The van der Waals surface area contributed by atoms with E-state index in [-0.39, 0.29) is 12.2 Å². The largest absolute Gasteiger partial charge is 0.382 e. The summed E-state index contributed by atoms with van der Waals surface area (Å²) < 4.78 is 22.4.